The molecule has 4 rings (SSSR count). The Labute approximate surface area is 235 Å². The molecule has 2 aliphatic rings. The second-order valence-electron chi connectivity index (χ2n) is 9.77. The monoisotopic (exact) mass is 590 g/mol. The van der Waals surface area contributed by atoms with Crippen molar-refractivity contribution in [2.45, 2.75) is 51.2 Å². The third kappa shape index (κ3) is 6.66. The van der Waals surface area contributed by atoms with E-state index in [9.17, 15) is 37.8 Å². The normalized spacial score (nSPS) is 21.3. The van der Waals surface area contributed by atoms with E-state index in [0.29, 0.717) is 0 Å². The van der Waals surface area contributed by atoms with Crippen molar-refractivity contribution < 1.29 is 52.0 Å². The number of aliphatic hydroxyl groups excluding tert-OH is 1. The van der Waals surface area contributed by atoms with Crippen LogP contribution in [0.25, 0.3) is 0 Å². The van der Waals surface area contributed by atoms with Crippen LogP contribution in [0.5, 0.6) is 11.5 Å². The number of sulfone groups is 1. The van der Waals surface area contributed by atoms with Crippen LogP contribution in [0.2, 0.25) is 0 Å². The van der Waals surface area contributed by atoms with Crippen LogP contribution in [0.1, 0.15) is 59.0 Å². The lowest BCUT2D eigenvalue weighted by molar-refractivity contribution is -0.195. The number of hydrogen-bond donors (Lipinski definition) is 3. The number of fused-ring (bicyclic) bond motifs is 1. The SMILES string of the molecule is CCOc1cc(C(CS(C)(=O)=O)N2C(=O)c3cccc(NC(C)=O)c3C2=O)ccc1OC1CC(O)CC(C(=O)O)O1. The Hall–Kier alpha value is -4.01. The number of nitrogens with zero attached hydrogens (tertiary/aromatic N) is 1. The number of anilines is 1. The van der Waals surface area contributed by atoms with Crippen LogP contribution in [0.3, 0.4) is 0 Å². The highest BCUT2D eigenvalue weighted by molar-refractivity contribution is 7.90. The van der Waals surface area contributed by atoms with Crippen molar-refractivity contribution in [1.82, 2.24) is 4.90 Å². The second-order valence-corrected chi connectivity index (χ2v) is 12.0. The molecule has 13 nitrogen and oxygen atoms in total. The Morgan fingerprint density at radius 2 is 1.88 bits per heavy atom. The summed E-state index contributed by atoms with van der Waals surface area (Å²) < 4.78 is 41.9. The molecule has 2 aromatic rings. The number of hydrogen-bond acceptors (Lipinski definition) is 10. The molecule has 0 bridgehead atoms. The van der Waals surface area contributed by atoms with Gasteiger partial charge in [-0.25, -0.2) is 13.2 Å². The average molecular weight is 591 g/mol. The smallest absolute Gasteiger partial charge is 0.333 e. The highest BCUT2D eigenvalue weighted by Gasteiger charge is 2.43. The summed E-state index contributed by atoms with van der Waals surface area (Å²) in [5.74, 6) is -3.56. The van der Waals surface area contributed by atoms with Gasteiger partial charge in [-0.15, -0.1) is 0 Å². The van der Waals surface area contributed by atoms with E-state index in [-0.39, 0.29) is 53.3 Å². The minimum Gasteiger partial charge on any atom is -0.490 e. The molecule has 2 aromatic carbocycles. The number of nitrogens with one attached hydrogen (secondary N) is 1. The predicted octanol–water partition coefficient (Wildman–Crippen LogP) is 1.76. The molecule has 4 atom stereocenters. The van der Waals surface area contributed by atoms with Crippen LogP contribution in [0.15, 0.2) is 36.4 Å². The fourth-order valence-electron chi connectivity index (χ4n) is 4.82. The molecular weight excluding hydrogens is 560 g/mol. The summed E-state index contributed by atoms with van der Waals surface area (Å²) in [5.41, 5.74) is 0.347. The lowest BCUT2D eigenvalue weighted by Crippen LogP contribution is -2.42. The van der Waals surface area contributed by atoms with Crippen molar-refractivity contribution in [1.29, 1.82) is 0 Å². The molecule has 1 fully saturated rings. The number of imide groups is 1. The van der Waals surface area contributed by atoms with Gasteiger partial charge in [0.25, 0.3) is 11.8 Å². The van der Waals surface area contributed by atoms with Crippen molar-refractivity contribution in [3.63, 3.8) is 0 Å². The topological polar surface area (TPSA) is 186 Å². The zero-order chi connectivity index (χ0) is 30.1. The fraction of sp³-hybridized carbons (Fsp3) is 0.407. The molecule has 220 valence electrons. The third-order valence-electron chi connectivity index (χ3n) is 6.48. The van der Waals surface area contributed by atoms with Gasteiger partial charge in [0, 0.05) is 26.0 Å². The minimum absolute atomic E-state index is 0.000524. The first-order valence-electron chi connectivity index (χ1n) is 12.7. The molecule has 0 spiro atoms. The number of ether oxygens (including phenoxy) is 3. The summed E-state index contributed by atoms with van der Waals surface area (Å²) in [6.07, 6.45) is -2.47. The van der Waals surface area contributed by atoms with Crippen molar-refractivity contribution in [2.75, 3.05) is 23.9 Å². The first-order valence-corrected chi connectivity index (χ1v) is 14.8. The summed E-state index contributed by atoms with van der Waals surface area (Å²) in [6.45, 7) is 3.11. The van der Waals surface area contributed by atoms with E-state index < -0.39 is 63.8 Å². The van der Waals surface area contributed by atoms with Gasteiger partial charge in [-0.1, -0.05) is 12.1 Å². The van der Waals surface area contributed by atoms with E-state index in [2.05, 4.69) is 5.32 Å². The van der Waals surface area contributed by atoms with Gasteiger partial charge in [-0.3, -0.25) is 19.3 Å². The largest absolute Gasteiger partial charge is 0.490 e. The molecule has 41 heavy (non-hydrogen) atoms. The van der Waals surface area contributed by atoms with E-state index in [4.69, 9.17) is 14.2 Å². The molecule has 4 unspecified atom stereocenters. The van der Waals surface area contributed by atoms with E-state index in [1.165, 1.54) is 43.3 Å². The lowest BCUT2D eigenvalue weighted by Gasteiger charge is -2.31. The highest BCUT2D eigenvalue weighted by Crippen LogP contribution is 2.39. The Morgan fingerprint density at radius 1 is 1.15 bits per heavy atom. The van der Waals surface area contributed by atoms with Crippen LogP contribution >= 0.6 is 0 Å². The van der Waals surface area contributed by atoms with E-state index >= 15 is 0 Å². The van der Waals surface area contributed by atoms with E-state index in [1.807, 2.05) is 0 Å². The van der Waals surface area contributed by atoms with Gasteiger partial charge in [0.1, 0.15) is 9.84 Å². The summed E-state index contributed by atoms with van der Waals surface area (Å²) in [5, 5.41) is 21.9. The maximum Gasteiger partial charge on any atom is 0.333 e. The number of amides is 3. The van der Waals surface area contributed by atoms with Gasteiger partial charge in [-0.2, -0.15) is 0 Å². The Morgan fingerprint density at radius 3 is 2.51 bits per heavy atom. The van der Waals surface area contributed by atoms with Crippen LogP contribution in [-0.2, 0) is 24.2 Å². The number of aliphatic hydroxyl groups is 1. The van der Waals surface area contributed by atoms with Gasteiger partial charge < -0.3 is 29.7 Å². The quantitative estimate of drug-likeness (QED) is 0.342. The van der Waals surface area contributed by atoms with Crippen molar-refractivity contribution in [3.05, 3.63) is 53.1 Å². The standard InChI is InChI=1S/C27H30N2O11S/c1-4-38-21-10-15(8-9-20(21)39-23-12-16(31)11-22(40-23)27(34)35)19(13-41(3,36)37)29-25(32)17-6-5-7-18(28-14(2)30)24(17)26(29)33/h5-10,16,19,22-23,31H,4,11-13H2,1-3H3,(H,28,30)(H,34,35). The number of rotatable bonds is 10. The molecule has 1 saturated heterocycles. The first-order chi connectivity index (χ1) is 19.3. The van der Waals surface area contributed by atoms with E-state index in [0.717, 1.165) is 11.2 Å². The summed E-state index contributed by atoms with van der Waals surface area (Å²) in [4.78, 5) is 51.0. The Balaban J connectivity index is 1.71. The molecule has 3 amide bonds. The number of carboxylic acid groups (broad SMARTS) is 1. The van der Waals surface area contributed by atoms with Crippen LogP contribution < -0.4 is 14.8 Å². The molecule has 0 aromatic heterocycles. The molecule has 0 saturated carbocycles. The van der Waals surface area contributed by atoms with E-state index in [1.54, 1.807) is 6.92 Å². The van der Waals surface area contributed by atoms with Crippen LogP contribution in [-0.4, -0.2) is 84.3 Å². The molecule has 3 N–H and O–H groups in total. The van der Waals surface area contributed by atoms with Crippen LogP contribution in [0.4, 0.5) is 5.69 Å². The van der Waals surface area contributed by atoms with Gasteiger partial charge in [0.05, 0.1) is 41.3 Å². The Kier molecular flexibility index (Phi) is 8.66. The Bertz CT molecular complexity index is 1490. The molecule has 14 heteroatoms. The number of aliphatic carboxylic acids is 1. The number of carbonyl (C=O) groups is 4. The highest BCUT2D eigenvalue weighted by atomic mass is 32.2. The summed E-state index contributed by atoms with van der Waals surface area (Å²) in [7, 11) is -3.74. The zero-order valence-electron chi connectivity index (χ0n) is 22.5. The summed E-state index contributed by atoms with van der Waals surface area (Å²) >= 11 is 0. The van der Waals surface area contributed by atoms with Gasteiger partial charge in [0.15, 0.2) is 17.6 Å². The number of carbonyl (C=O) groups excluding carboxylic acids is 3. The molecule has 0 aliphatic carbocycles. The van der Waals surface area contributed by atoms with Gasteiger partial charge in [-0.05, 0) is 36.8 Å². The molecular formula is C27H30N2O11S. The molecule has 0 radical (unpaired) electrons. The average Bonchev–Trinajstić information content (AvgIpc) is 3.13. The minimum atomic E-state index is -3.74. The number of benzene rings is 2. The van der Waals surface area contributed by atoms with Crippen LogP contribution in [0, 0.1) is 0 Å². The lowest BCUT2D eigenvalue weighted by atomic mass is 10.0. The maximum atomic E-state index is 13.6. The predicted molar refractivity (Wildman–Crippen MR) is 143 cm³/mol. The van der Waals surface area contributed by atoms with Gasteiger partial charge in [0.2, 0.25) is 12.2 Å². The van der Waals surface area contributed by atoms with Crippen molar-refractivity contribution in [2.24, 2.45) is 0 Å². The fourth-order valence-corrected chi connectivity index (χ4v) is 5.74. The van der Waals surface area contributed by atoms with Crippen molar-refractivity contribution in [3.8, 4) is 11.5 Å². The summed E-state index contributed by atoms with van der Waals surface area (Å²) in [6, 6.07) is 7.45. The first kappa shape index (κ1) is 30.0. The van der Waals surface area contributed by atoms with Gasteiger partial charge >= 0.3 is 5.97 Å². The number of carboxylic acids is 1. The third-order valence-corrected chi connectivity index (χ3v) is 7.40. The van der Waals surface area contributed by atoms with Crippen molar-refractivity contribution >= 4 is 39.2 Å². The second kappa shape index (κ2) is 11.8. The maximum absolute atomic E-state index is 13.6. The molecule has 2 heterocycles. The zero-order valence-corrected chi connectivity index (χ0v) is 23.3. The molecule has 2 aliphatic heterocycles.